The van der Waals surface area contributed by atoms with Gasteiger partial charge in [-0.2, -0.15) is 4.31 Å². The number of piperidine rings is 1. The molecule has 2 N–H and O–H groups in total. The first-order chi connectivity index (χ1) is 9.25. The van der Waals surface area contributed by atoms with Crippen molar-refractivity contribution in [3.8, 4) is 0 Å². The molecule has 2 atom stereocenters. The molecular formula is C13H18ClFN2O2S. The van der Waals surface area contributed by atoms with Crippen molar-refractivity contribution in [3.63, 3.8) is 0 Å². The molecule has 1 saturated heterocycles. The Bertz CT molecular complexity index is 621. The fourth-order valence-corrected chi connectivity index (χ4v) is 4.80. The summed E-state index contributed by atoms with van der Waals surface area (Å²) in [5.41, 5.74) is 5.24. The molecule has 1 aromatic rings. The summed E-state index contributed by atoms with van der Waals surface area (Å²) < 4.78 is 40.1. The van der Waals surface area contributed by atoms with E-state index in [-0.39, 0.29) is 27.6 Å². The van der Waals surface area contributed by atoms with Crippen molar-refractivity contribution < 1.29 is 12.8 Å². The molecule has 1 heterocycles. The zero-order valence-corrected chi connectivity index (χ0v) is 13.0. The van der Waals surface area contributed by atoms with Gasteiger partial charge in [-0.3, -0.25) is 0 Å². The van der Waals surface area contributed by atoms with Crippen LogP contribution in [0.5, 0.6) is 0 Å². The molecule has 0 aromatic heterocycles. The molecule has 112 valence electrons. The third-order valence-electron chi connectivity index (χ3n) is 3.95. The van der Waals surface area contributed by atoms with Crippen LogP contribution in [0, 0.1) is 11.7 Å². The maximum Gasteiger partial charge on any atom is 0.244 e. The number of halogens is 2. The zero-order valence-electron chi connectivity index (χ0n) is 11.4. The van der Waals surface area contributed by atoms with Crippen molar-refractivity contribution in [1.82, 2.24) is 4.31 Å². The number of nitrogens with zero attached hydrogens (tertiary/aromatic N) is 1. The van der Waals surface area contributed by atoms with Gasteiger partial charge in [0, 0.05) is 12.6 Å². The van der Waals surface area contributed by atoms with E-state index in [9.17, 15) is 12.8 Å². The molecule has 1 fully saturated rings. The fraction of sp³-hybridized carbons (Fsp3) is 0.538. The predicted octanol–water partition coefficient (Wildman–Crippen LogP) is 2.87. The van der Waals surface area contributed by atoms with Crippen LogP contribution in [0.1, 0.15) is 26.7 Å². The molecule has 0 radical (unpaired) electrons. The van der Waals surface area contributed by atoms with E-state index in [0.717, 1.165) is 25.0 Å². The Morgan fingerprint density at radius 2 is 2.05 bits per heavy atom. The van der Waals surface area contributed by atoms with E-state index in [2.05, 4.69) is 0 Å². The van der Waals surface area contributed by atoms with Gasteiger partial charge in [0.15, 0.2) is 0 Å². The van der Waals surface area contributed by atoms with Gasteiger partial charge in [0.25, 0.3) is 0 Å². The minimum absolute atomic E-state index is 0.115. The molecule has 2 unspecified atom stereocenters. The summed E-state index contributed by atoms with van der Waals surface area (Å²) in [6.45, 7) is 4.34. The predicted molar refractivity (Wildman–Crippen MR) is 77.6 cm³/mol. The number of hydrogen-bond donors (Lipinski definition) is 1. The molecule has 0 spiro atoms. The van der Waals surface area contributed by atoms with Crippen LogP contribution in [0.3, 0.4) is 0 Å². The van der Waals surface area contributed by atoms with Crippen molar-refractivity contribution in [1.29, 1.82) is 0 Å². The Morgan fingerprint density at radius 1 is 1.40 bits per heavy atom. The Morgan fingerprint density at radius 3 is 2.70 bits per heavy atom. The van der Waals surface area contributed by atoms with E-state index in [1.165, 1.54) is 4.31 Å². The maximum atomic E-state index is 13.3. The molecular weight excluding hydrogens is 303 g/mol. The highest BCUT2D eigenvalue weighted by Crippen LogP contribution is 2.33. The van der Waals surface area contributed by atoms with Crippen molar-refractivity contribution in [2.24, 2.45) is 5.92 Å². The lowest BCUT2D eigenvalue weighted by Gasteiger charge is -2.36. The molecule has 1 aromatic carbocycles. The average Bonchev–Trinajstić information content (AvgIpc) is 2.36. The Hall–Kier alpha value is -0.850. The van der Waals surface area contributed by atoms with Gasteiger partial charge in [0.1, 0.15) is 10.7 Å². The molecule has 7 heteroatoms. The van der Waals surface area contributed by atoms with E-state index < -0.39 is 15.8 Å². The number of rotatable bonds is 2. The van der Waals surface area contributed by atoms with Gasteiger partial charge < -0.3 is 5.73 Å². The highest BCUT2D eigenvalue weighted by Gasteiger charge is 2.35. The quantitative estimate of drug-likeness (QED) is 0.852. The highest BCUT2D eigenvalue weighted by molar-refractivity contribution is 7.89. The summed E-state index contributed by atoms with van der Waals surface area (Å²) in [4.78, 5) is -0.126. The lowest BCUT2D eigenvalue weighted by atomic mass is 9.94. The SMILES string of the molecule is CC1CCCN(S(=O)(=O)c2cc(N)c(F)cc2Cl)C1C. The first kappa shape index (κ1) is 15.5. The fourth-order valence-electron chi connectivity index (χ4n) is 2.51. The van der Waals surface area contributed by atoms with Crippen molar-refractivity contribution in [2.45, 2.75) is 37.6 Å². The summed E-state index contributed by atoms with van der Waals surface area (Å²) in [6, 6.07) is 1.93. The number of nitrogen functional groups attached to an aromatic ring is 1. The van der Waals surface area contributed by atoms with Gasteiger partial charge in [-0.25, -0.2) is 12.8 Å². The second-order valence-corrected chi connectivity index (χ2v) is 7.55. The first-order valence-electron chi connectivity index (χ1n) is 6.51. The van der Waals surface area contributed by atoms with Crippen LogP contribution in [0.25, 0.3) is 0 Å². The average molecular weight is 321 g/mol. The van der Waals surface area contributed by atoms with Gasteiger partial charge in [-0.15, -0.1) is 0 Å². The van der Waals surface area contributed by atoms with Crippen LogP contribution >= 0.6 is 11.6 Å². The molecule has 20 heavy (non-hydrogen) atoms. The van der Waals surface area contributed by atoms with Crippen LogP contribution < -0.4 is 5.73 Å². The molecule has 1 aliphatic rings. The summed E-state index contributed by atoms with van der Waals surface area (Å²) in [5, 5.41) is -0.137. The van der Waals surface area contributed by atoms with Crippen LogP contribution in [0.4, 0.5) is 10.1 Å². The molecule has 4 nitrogen and oxygen atoms in total. The first-order valence-corrected chi connectivity index (χ1v) is 8.33. The third kappa shape index (κ3) is 2.64. The van der Waals surface area contributed by atoms with E-state index in [1.807, 2.05) is 13.8 Å². The monoisotopic (exact) mass is 320 g/mol. The number of hydrogen-bond acceptors (Lipinski definition) is 3. The Kier molecular flexibility index (Phi) is 4.27. The van der Waals surface area contributed by atoms with Gasteiger partial charge in [-0.1, -0.05) is 18.5 Å². The standard InChI is InChI=1S/C13H18ClFN2O2S/c1-8-4-3-5-17(9(8)2)20(18,19)13-7-12(16)11(15)6-10(13)14/h6-9H,3-5,16H2,1-2H3. The van der Waals surface area contributed by atoms with Gasteiger partial charge in [0.05, 0.1) is 10.7 Å². The normalized spacial score (nSPS) is 24.8. The zero-order chi connectivity index (χ0) is 15.1. The van der Waals surface area contributed by atoms with E-state index in [0.29, 0.717) is 6.54 Å². The smallest absolute Gasteiger partial charge is 0.244 e. The highest BCUT2D eigenvalue weighted by atomic mass is 35.5. The lowest BCUT2D eigenvalue weighted by molar-refractivity contribution is 0.202. The number of nitrogens with two attached hydrogens (primary N) is 1. The van der Waals surface area contributed by atoms with Gasteiger partial charge in [-0.05, 0) is 37.8 Å². The number of sulfonamides is 1. The van der Waals surface area contributed by atoms with E-state index in [4.69, 9.17) is 17.3 Å². The summed E-state index contributed by atoms with van der Waals surface area (Å²) in [5.74, 6) is -0.441. The molecule has 1 aliphatic heterocycles. The summed E-state index contributed by atoms with van der Waals surface area (Å²) in [7, 11) is -3.76. The van der Waals surface area contributed by atoms with Gasteiger partial charge >= 0.3 is 0 Å². The van der Waals surface area contributed by atoms with Gasteiger partial charge in [0.2, 0.25) is 10.0 Å². The topological polar surface area (TPSA) is 63.4 Å². The van der Waals surface area contributed by atoms with Crippen LogP contribution in [0.2, 0.25) is 5.02 Å². The number of anilines is 1. The van der Waals surface area contributed by atoms with Crippen molar-refractivity contribution >= 4 is 27.3 Å². The molecule has 2 rings (SSSR count). The van der Waals surface area contributed by atoms with Crippen molar-refractivity contribution in [2.75, 3.05) is 12.3 Å². The summed E-state index contributed by atoms with van der Waals surface area (Å²) >= 11 is 5.89. The molecule has 0 aliphatic carbocycles. The molecule has 0 bridgehead atoms. The largest absolute Gasteiger partial charge is 0.396 e. The van der Waals surface area contributed by atoms with Crippen LogP contribution in [0.15, 0.2) is 17.0 Å². The third-order valence-corrected chi connectivity index (χ3v) is 6.40. The Labute approximate surface area is 123 Å². The second-order valence-electron chi connectivity index (χ2n) is 5.28. The minimum Gasteiger partial charge on any atom is -0.396 e. The summed E-state index contributed by atoms with van der Waals surface area (Å²) in [6.07, 6.45) is 1.80. The Balaban J connectivity index is 2.47. The van der Waals surface area contributed by atoms with Crippen molar-refractivity contribution in [3.05, 3.63) is 23.0 Å². The maximum absolute atomic E-state index is 13.3. The lowest BCUT2D eigenvalue weighted by Crippen LogP contribution is -2.45. The molecule has 0 amide bonds. The second kappa shape index (κ2) is 5.50. The minimum atomic E-state index is -3.76. The van der Waals surface area contributed by atoms with E-state index >= 15 is 0 Å². The number of benzene rings is 1. The van der Waals surface area contributed by atoms with E-state index in [1.54, 1.807) is 0 Å². The van der Waals surface area contributed by atoms with Crippen LogP contribution in [-0.4, -0.2) is 25.3 Å². The van der Waals surface area contributed by atoms with Crippen LogP contribution in [-0.2, 0) is 10.0 Å². The molecule has 0 saturated carbocycles.